The Morgan fingerprint density at radius 3 is 2.05 bits per heavy atom. The summed E-state index contributed by atoms with van der Waals surface area (Å²) in [6.07, 6.45) is 0.525. The molecule has 2 nitrogen and oxygen atoms in total. The minimum Gasteiger partial charge on any atom is -0.363 e. The van der Waals surface area contributed by atoms with Crippen molar-refractivity contribution in [3.05, 3.63) is 71.3 Å². The van der Waals surface area contributed by atoms with Gasteiger partial charge in [-0.05, 0) is 16.7 Å². The van der Waals surface area contributed by atoms with Gasteiger partial charge in [0.05, 0.1) is 12.2 Å². The Morgan fingerprint density at radius 1 is 0.842 bits per heavy atom. The van der Waals surface area contributed by atoms with Crippen molar-refractivity contribution < 1.29 is 4.74 Å². The van der Waals surface area contributed by atoms with Gasteiger partial charge in [0, 0.05) is 19.6 Å². The lowest BCUT2D eigenvalue weighted by Crippen LogP contribution is -2.35. The van der Waals surface area contributed by atoms with Gasteiger partial charge in [-0.15, -0.1) is 0 Å². The maximum absolute atomic E-state index is 6.09. The summed E-state index contributed by atoms with van der Waals surface area (Å²) in [5.41, 5.74) is 4.17. The minimum absolute atomic E-state index is 0.263. The van der Waals surface area contributed by atoms with Gasteiger partial charge in [0.1, 0.15) is 0 Å². The molecule has 0 saturated carbocycles. The van der Waals surface area contributed by atoms with Crippen LogP contribution in [0.15, 0.2) is 54.6 Å². The number of benzene rings is 2. The third-order valence-electron chi connectivity index (χ3n) is 4.12. The second-order valence-electron chi connectivity index (χ2n) is 5.42. The van der Waals surface area contributed by atoms with Crippen LogP contribution in [0.25, 0.3) is 0 Å². The Labute approximate surface area is 113 Å². The highest BCUT2D eigenvalue weighted by Crippen LogP contribution is 2.43. The van der Waals surface area contributed by atoms with Gasteiger partial charge in [0.25, 0.3) is 0 Å². The number of rotatable bonds is 2. The zero-order chi connectivity index (χ0) is 12.7. The lowest BCUT2D eigenvalue weighted by Gasteiger charge is -2.32. The van der Waals surface area contributed by atoms with Gasteiger partial charge in [-0.2, -0.15) is 0 Å². The number of morpholine rings is 1. The summed E-state index contributed by atoms with van der Waals surface area (Å²) in [5.74, 6) is 0. The largest absolute Gasteiger partial charge is 0.363 e. The standard InChI is InChI=1S/C17H17NO/c1-2-6-13(7-3-1)10-18-11-16-14-8-4-5-9-15(14)17(12-18)19-16/h1-9,16-17H,10-12H2. The zero-order valence-corrected chi connectivity index (χ0v) is 10.8. The lowest BCUT2D eigenvalue weighted by molar-refractivity contribution is -0.0703. The Hall–Kier alpha value is -1.64. The monoisotopic (exact) mass is 251 g/mol. The highest BCUT2D eigenvalue weighted by molar-refractivity contribution is 5.36. The van der Waals surface area contributed by atoms with Crippen molar-refractivity contribution in [2.75, 3.05) is 13.1 Å². The third kappa shape index (κ3) is 1.97. The van der Waals surface area contributed by atoms with Gasteiger partial charge in [0.2, 0.25) is 0 Å². The van der Waals surface area contributed by atoms with E-state index < -0.39 is 0 Å². The summed E-state index contributed by atoms with van der Waals surface area (Å²) in [6, 6.07) is 19.3. The van der Waals surface area contributed by atoms with Crippen LogP contribution in [0, 0.1) is 0 Å². The van der Waals surface area contributed by atoms with Gasteiger partial charge in [-0.3, -0.25) is 4.90 Å². The van der Waals surface area contributed by atoms with Crippen molar-refractivity contribution >= 4 is 0 Å². The molecule has 2 unspecified atom stereocenters. The quantitative estimate of drug-likeness (QED) is 0.812. The Morgan fingerprint density at radius 2 is 1.42 bits per heavy atom. The van der Waals surface area contributed by atoms with Crippen LogP contribution in [0.2, 0.25) is 0 Å². The first kappa shape index (κ1) is 11.2. The molecular weight excluding hydrogens is 234 g/mol. The molecule has 4 rings (SSSR count). The Kier molecular flexibility index (Phi) is 2.64. The molecule has 0 radical (unpaired) electrons. The molecule has 2 aliphatic rings. The van der Waals surface area contributed by atoms with Crippen LogP contribution < -0.4 is 0 Å². The van der Waals surface area contributed by atoms with Gasteiger partial charge < -0.3 is 4.74 Å². The summed E-state index contributed by atoms with van der Waals surface area (Å²) >= 11 is 0. The van der Waals surface area contributed by atoms with Crippen molar-refractivity contribution in [2.24, 2.45) is 0 Å². The van der Waals surface area contributed by atoms with E-state index in [-0.39, 0.29) is 12.2 Å². The topological polar surface area (TPSA) is 12.5 Å². The first-order valence-corrected chi connectivity index (χ1v) is 6.91. The van der Waals surface area contributed by atoms with E-state index in [0.717, 1.165) is 19.6 Å². The number of hydrogen-bond donors (Lipinski definition) is 0. The Balaban J connectivity index is 1.55. The van der Waals surface area contributed by atoms with E-state index in [1.807, 2.05) is 0 Å². The molecule has 0 spiro atoms. The average Bonchev–Trinajstić information content (AvgIpc) is 2.72. The molecule has 2 atom stereocenters. The summed E-state index contributed by atoms with van der Waals surface area (Å²) < 4.78 is 6.09. The van der Waals surface area contributed by atoms with Crippen LogP contribution in [0.5, 0.6) is 0 Å². The fourth-order valence-corrected chi connectivity index (χ4v) is 3.24. The molecule has 2 bridgehead atoms. The smallest absolute Gasteiger partial charge is 0.0964 e. The van der Waals surface area contributed by atoms with Crippen LogP contribution in [0.4, 0.5) is 0 Å². The molecule has 96 valence electrons. The summed E-state index contributed by atoms with van der Waals surface area (Å²) in [6.45, 7) is 3.02. The van der Waals surface area contributed by atoms with Crippen LogP contribution in [0.1, 0.15) is 28.9 Å². The first-order chi connectivity index (χ1) is 9.40. The molecule has 2 heterocycles. The van der Waals surface area contributed by atoms with Gasteiger partial charge in [0.15, 0.2) is 0 Å². The molecule has 2 aliphatic heterocycles. The lowest BCUT2D eigenvalue weighted by atomic mass is 10.0. The fourth-order valence-electron chi connectivity index (χ4n) is 3.24. The van der Waals surface area contributed by atoms with Crippen LogP contribution in [-0.2, 0) is 11.3 Å². The number of nitrogens with zero attached hydrogens (tertiary/aromatic N) is 1. The van der Waals surface area contributed by atoms with Gasteiger partial charge >= 0.3 is 0 Å². The average molecular weight is 251 g/mol. The molecular formula is C17H17NO. The SMILES string of the molecule is c1ccc(CN2CC3OC(C2)c2ccccc23)cc1. The normalized spacial score (nSPS) is 25.3. The number of fused-ring (bicyclic) bond motifs is 5. The zero-order valence-electron chi connectivity index (χ0n) is 10.8. The number of ether oxygens (including phenoxy) is 1. The molecule has 0 N–H and O–H groups in total. The number of hydrogen-bond acceptors (Lipinski definition) is 2. The molecule has 1 fully saturated rings. The van der Waals surface area contributed by atoms with Crippen molar-refractivity contribution in [3.8, 4) is 0 Å². The third-order valence-corrected chi connectivity index (χ3v) is 4.12. The molecule has 19 heavy (non-hydrogen) atoms. The molecule has 0 aromatic heterocycles. The second-order valence-corrected chi connectivity index (χ2v) is 5.42. The highest BCUT2D eigenvalue weighted by atomic mass is 16.5. The van der Waals surface area contributed by atoms with E-state index in [0.29, 0.717) is 0 Å². The van der Waals surface area contributed by atoms with Crippen LogP contribution >= 0.6 is 0 Å². The minimum atomic E-state index is 0.263. The first-order valence-electron chi connectivity index (χ1n) is 6.91. The molecule has 1 saturated heterocycles. The second kappa shape index (κ2) is 4.48. The predicted octanol–water partition coefficient (Wildman–Crippen LogP) is 3.31. The molecule has 0 amide bonds. The molecule has 2 aromatic carbocycles. The van der Waals surface area contributed by atoms with Crippen molar-refractivity contribution in [2.45, 2.75) is 18.8 Å². The fraction of sp³-hybridized carbons (Fsp3) is 0.294. The van der Waals surface area contributed by atoms with Crippen molar-refractivity contribution in [1.82, 2.24) is 4.90 Å². The van der Waals surface area contributed by atoms with Gasteiger partial charge in [-0.1, -0.05) is 54.6 Å². The van der Waals surface area contributed by atoms with Crippen molar-refractivity contribution in [3.63, 3.8) is 0 Å². The van der Waals surface area contributed by atoms with Crippen LogP contribution in [-0.4, -0.2) is 18.0 Å². The summed E-state index contributed by atoms with van der Waals surface area (Å²) in [7, 11) is 0. The highest BCUT2D eigenvalue weighted by Gasteiger charge is 2.37. The molecule has 0 aliphatic carbocycles. The summed E-state index contributed by atoms with van der Waals surface area (Å²) in [5, 5.41) is 0. The van der Waals surface area contributed by atoms with E-state index in [2.05, 4.69) is 59.5 Å². The Bertz CT molecular complexity index is 550. The predicted molar refractivity (Wildman–Crippen MR) is 74.7 cm³/mol. The van der Waals surface area contributed by atoms with E-state index in [1.165, 1.54) is 16.7 Å². The molecule has 2 aromatic rings. The van der Waals surface area contributed by atoms with Gasteiger partial charge in [-0.25, -0.2) is 0 Å². The van der Waals surface area contributed by atoms with E-state index in [4.69, 9.17) is 4.74 Å². The van der Waals surface area contributed by atoms with Crippen molar-refractivity contribution in [1.29, 1.82) is 0 Å². The maximum atomic E-state index is 6.09. The van der Waals surface area contributed by atoms with E-state index in [1.54, 1.807) is 0 Å². The summed E-state index contributed by atoms with van der Waals surface area (Å²) in [4.78, 5) is 2.51. The van der Waals surface area contributed by atoms with E-state index in [9.17, 15) is 0 Å². The maximum Gasteiger partial charge on any atom is 0.0964 e. The molecule has 2 heteroatoms. The van der Waals surface area contributed by atoms with Crippen LogP contribution in [0.3, 0.4) is 0 Å². The van der Waals surface area contributed by atoms with E-state index >= 15 is 0 Å².